The molecule has 0 aliphatic heterocycles. The summed E-state index contributed by atoms with van der Waals surface area (Å²) in [6.45, 7) is 1.91. The van der Waals surface area contributed by atoms with Crippen molar-refractivity contribution in [2.45, 2.75) is 49.5 Å². The van der Waals surface area contributed by atoms with Gasteiger partial charge in [0.1, 0.15) is 10.7 Å². The predicted octanol–water partition coefficient (Wildman–Crippen LogP) is 5.67. The van der Waals surface area contributed by atoms with Crippen LogP contribution in [0.25, 0.3) is 10.9 Å². The molecule has 0 spiro atoms. The normalized spacial score (nSPS) is 20.9. The lowest BCUT2D eigenvalue weighted by molar-refractivity contribution is 0.281. The van der Waals surface area contributed by atoms with Crippen LogP contribution in [0.15, 0.2) is 59.6 Å². The number of halogens is 2. The lowest BCUT2D eigenvalue weighted by Crippen LogP contribution is -2.39. The fraction of sp³-hybridized carbons (Fsp3) is 0.348. The van der Waals surface area contributed by atoms with Crippen molar-refractivity contribution in [3.63, 3.8) is 0 Å². The Hall–Kier alpha value is -2.02. The van der Waals surface area contributed by atoms with Crippen molar-refractivity contribution in [3.05, 3.63) is 71.1 Å². The first-order chi connectivity index (χ1) is 14.3. The van der Waals surface area contributed by atoms with Gasteiger partial charge in [-0.3, -0.25) is 4.98 Å². The number of nitrogens with one attached hydrogen (secondary N) is 1. The molecule has 158 valence electrons. The third kappa shape index (κ3) is 4.36. The van der Waals surface area contributed by atoms with Crippen LogP contribution in [0.2, 0.25) is 5.02 Å². The van der Waals surface area contributed by atoms with Gasteiger partial charge in [-0.15, -0.1) is 0 Å². The molecule has 3 aromatic rings. The van der Waals surface area contributed by atoms with E-state index in [1.165, 1.54) is 12.1 Å². The minimum absolute atomic E-state index is 0.109. The molecule has 0 unspecified atom stereocenters. The molecule has 1 fully saturated rings. The van der Waals surface area contributed by atoms with Crippen LogP contribution in [0.3, 0.4) is 0 Å². The van der Waals surface area contributed by atoms with E-state index in [1.807, 2.05) is 13.0 Å². The van der Waals surface area contributed by atoms with Gasteiger partial charge in [-0.1, -0.05) is 23.7 Å². The van der Waals surface area contributed by atoms with E-state index in [2.05, 4.69) is 9.71 Å². The second-order valence-corrected chi connectivity index (χ2v) is 10.1. The minimum Gasteiger partial charge on any atom is -0.256 e. The van der Waals surface area contributed by atoms with Gasteiger partial charge in [0.05, 0.1) is 10.5 Å². The van der Waals surface area contributed by atoms with Gasteiger partial charge in [0, 0.05) is 17.6 Å². The average molecular weight is 447 g/mol. The van der Waals surface area contributed by atoms with Crippen molar-refractivity contribution in [2.75, 3.05) is 0 Å². The molecule has 1 aliphatic carbocycles. The summed E-state index contributed by atoms with van der Waals surface area (Å²) in [5.74, 6) is 0.303. The molecule has 4 nitrogen and oxygen atoms in total. The number of benzene rings is 2. The molecule has 30 heavy (non-hydrogen) atoms. The summed E-state index contributed by atoms with van der Waals surface area (Å²) < 4.78 is 42.0. The number of hydrogen-bond donors (Lipinski definition) is 1. The van der Waals surface area contributed by atoms with Crippen LogP contribution in [0.1, 0.15) is 44.1 Å². The van der Waals surface area contributed by atoms with Crippen molar-refractivity contribution < 1.29 is 12.8 Å². The summed E-state index contributed by atoms with van der Waals surface area (Å²) >= 11 is 6.07. The Kier molecular flexibility index (Phi) is 6.09. The maximum Gasteiger partial charge on any atom is 0.242 e. The molecule has 1 aliphatic rings. The van der Waals surface area contributed by atoms with E-state index in [0.717, 1.165) is 42.1 Å². The molecule has 1 N–H and O–H groups in total. The maximum atomic E-state index is 13.8. The van der Waals surface area contributed by atoms with Gasteiger partial charge in [-0.05, 0) is 86.4 Å². The van der Waals surface area contributed by atoms with Crippen LogP contribution in [-0.2, 0) is 10.0 Å². The summed E-state index contributed by atoms with van der Waals surface area (Å²) in [5.41, 5.74) is 1.93. The first-order valence-electron chi connectivity index (χ1n) is 10.2. The Balaban J connectivity index is 1.45. The Morgan fingerprint density at radius 1 is 1.10 bits per heavy atom. The molecule has 1 saturated carbocycles. The standard InChI is InChI=1S/C23H24ClFN2O2S/c1-15(27-30(28,29)23-5-3-2-4-21(23)24)16-6-8-17(9-7-16)19-12-13-26-22-11-10-18(25)14-20(19)22/h2-5,10-17,27H,6-9H2,1H3/t15-,16?,17?/m1/s1. The minimum atomic E-state index is -3.67. The Bertz CT molecular complexity index is 1160. The third-order valence-corrected chi connectivity index (χ3v) is 8.18. The zero-order valence-electron chi connectivity index (χ0n) is 16.7. The largest absolute Gasteiger partial charge is 0.256 e. The van der Waals surface area contributed by atoms with Gasteiger partial charge >= 0.3 is 0 Å². The number of rotatable bonds is 5. The lowest BCUT2D eigenvalue weighted by atomic mass is 9.76. The van der Waals surface area contributed by atoms with Crippen molar-refractivity contribution in [1.82, 2.24) is 9.71 Å². The highest BCUT2D eigenvalue weighted by Gasteiger charge is 2.30. The first kappa shape index (κ1) is 21.2. The second kappa shape index (κ2) is 8.61. The van der Waals surface area contributed by atoms with Gasteiger partial charge in [-0.25, -0.2) is 17.5 Å². The number of fused-ring (bicyclic) bond motifs is 1. The van der Waals surface area contributed by atoms with Crippen LogP contribution in [0, 0.1) is 11.7 Å². The summed E-state index contributed by atoms with van der Waals surface area (Å²) in [4.78, 5) is 4.45. The topological polar surface area (TPSA) is 59.1 Å². The molecule has 0 radical (unpaired) electrons. The fourth-order valence-electron chi connectivity index (χ4n) is 4.49. The van der Waals surface area contributed by atoms with E-state index >= 15 is 0 Å². The monoisotopic (exact) mass is 446 g/mol. The number of aromatic nitrogens is 1. The van der Waals surface area contributed by atoms with Gasteiger partial charge in [0.25, 0.3) is 0 Å². The lowest BCUT2D eigenvalue weighted by Gasteiger charge is -2.33. The fourth-order valence-corrected chi connectivity index (χ4v) is 6.32. The van der Waals surface area contributed by atoms with Crippen molar-refractivity contribution in [1.29, 1.82) is 0 Å². The van der Waals surface area contributed by atoms with Crippen molar-refractivity contribution in [2.24, 2.45) is 5.92 Å². The maximum absolute atomic E-state index is 13.8. The Morgan fingerprint density at radius 3 is 2.57 bits per heavy atom. The van der Waals surface area contributed by atoms with E-state index < -0.39 is 10.0 Å². The van der Waals surface area contributed by atoms with Crippen LogP contribution in [0.4, 0.5) is 4.39 Å². The Labute approximate surface area is 181 Å². The molecule has 2 aromatic carbocycles. The molecule has 0 saturated heterocycles. The molecule has 1 heterocycles. The summed E-state index contributed by atoms with van der Waals surface area (Å²) in [6, 6.07) is 13.0. The number of hydrogen-bond acceptors (Lipinski definition) is 3. The summed E-state index contributed by atoms with van der Waals surface area (Å²) in [6.07, 6.45) is 5.44. The van der Waals surface area contributed by atoms with Crippen LogP contribution in [0.5, 0.6) is 0 Å². The van der Waals surface area contributed by atoms with E-state index in [4.69, 9.17) is 11.6 Å². The molecule has 1 aromatic heterocycles. The molecule has 7 heteroatoms. The smallest absolute Gasteiger partial charge is 0.242 e. The molecule has 0 bridgehead atoms. The zero-order chi connectivity index (χ0) is 21.3. The van der Waals surface area contributed by atoms with E-state index in [1.54, 1.807) is 36.5 Å². The highest BCUT2D eigenvalue weighted by Crippen LogP contribution is 2.39. The van der Waals surface area contributed by atoms with E-state index in [0.29, 0.717) is 5.92 Å². The van der Waals surface area contributed by atoms with Crippen molar-refractivity contribution in [3.8, 4) is 0 Å². The van der Waals surface area contributed by atoms with Crippen LogP contribution < -0.4 is 4.72 Å². The number of sulfonamides is 1. The van der Waals surface area contributed by atoms with Gasteiger partial charge in [0.15, 0.2) is 0 Å². The third-order valence-electron chi connectivity index (χ3n) is 6.12. The summed E-state index contributed by atoms with van der Waals surface area (Å²) in [7, 11) is -3.67. The second-order valence-electron chi connectivity index (χ2n) is 8.01. The summed E-state index contributed by atoms with van der Waals surface area (Å²) in [5, 5.41) is 1.09. The van der Waals surface area contributed by atoms with Gasteiger partial charge < -0.3 is 0 Å². The molecular formula is C23H24ClFN2O2S. The van der Waals surface area contributed by atoms with E-state index in [-0.39, 0.29) is 27.7 Å². The highest BCUT2D eigenvalue weighted by molar-refractivity contribution is 7.89. The Morgan fingerprint density at radius 2 is 1.83 bits per heavy atom. The first-order valence-corrected chi connectivity index (χ1v) is 12.0. The molecule has 1 atom stereocenters. The highest BCUT2D eigenvalue weighted by atomic mass is 35.5. The molecule has 4 rings (SSSR count). The zero-order valence-corrected chi connectivity index (χ0v) is 18.3. The van der Waals surface area contributed by atoms with Crippen molar-refractivity contribution >= 4 is 32.5 Å². The van der Waals surface area contributed by atoms with Crippen LogP contribution >= 0.6 is 11.6 Å². The SMILES string of the molecule is C[C@@H](NS(=O)(=O)c1ccccc1Cl)C1CCC(c2ccnc3ccc(F)cc23)CC1. The predicted molar refractivity (Wildman–Crippen MR) is 118 cm³/mol. The molecular weight excluding hydrogens is 423 g/mol. The van der Waals surface area contributed by atoms with Gasteiger partial charge in [0.2, 0.25) is 10.0 Å². The quantitative estimate of drug-likeness (QED) is 0.549. The van der Waals surface area contributed by atoms with E-state index in [9.17, 15) is 12.8 Å². The number of nitrogens with zero attached hydrogens (tertiary/aromatic N) is 1. The average Bonchev–Trinajstić information content (AvgIpc) is 2.73. The van der Waals surface area contributed by atoms with Gasteiger partial charge in [-0.2, -0.15) is 0 Å². The molecule has 0 amide bonds. The number of pyridine rings is 1. The van der Waals surface area contributed by atoms with Crippen LogP contribution in [-0.4, -0.2) is 19.4 Å².